The lowest BCUT2D eigenvalue weighted by molar-refractivity contribution is -0.146. The second kappa shape index (κ2) is 24.9. The molecule has 0 saturated heterocycles. The first-order valence-corrected chi connectivity index (χ1v) is 11.9. The van der Waals surface area contributed by atoms with E-state index in [-0.39, 0.29) is 44.6 Å². The number of esters is 2. The van der Waals surface area contributed by atoms with Gasteiger partial charge in [0.2, 0.25) is 0 Å². The first-order chi connectivity index (χ1) is 16.1. The van der Waals surface area contributed by atoms with Gasteiger partial charge in [-0.15, -0.1) is 0 Å². The molecule has 0 atom stereocenters. The normalized spacial score (nSPS) is 10.8. The Balaban J connectivity index is 3.19. The van der Waals surface area contributed by atoms with Gasteiger partial charge in [-0.3, -0.25) is 14.4 Å². The number of carbonyl (C=O) groups excluding carboxylic acids is 2. The molecule has 0 amide bonds. The first-order valence-electron chi connectivity index (χ1n) is 11.9. The zero-order valence-electron chi connectivity index (χ0n) is 20.1. The fourth-order valence-corrected chi connectivity index (χ4v) is 2.58. The minimum atomic E-state index is -0.862. The van der Waals surface area contributed by atoms with Gasteiger partial charge in [0.1, 0.15) is 13.2 Å². The van der Waals surface area contributed by atoms with E-state index in [0.29, 0.717) is 65.5 Å². The van der Waals surface area contributed by atoms with Gasteiger partial charge in [0, 0.05) is 19.3 Å². The SMILES string of the molecule is CCCCCCC(=O)OCCOCCOCCOCCOCCOC(=O)CCCCC(=O)O. The Morgan fingerprint density at radius 1 is 0.515 bits per heavy atom. The monoisotopic (exact) mass is 478 g/mol. The molecule has 10 nitrogen and oxygen atoms in total. The van der Waals surface area contributed by atoms with Gasteiger partial charge >= 0.3 is 17.9 Å². The van der Waals surface area contributed by atoms with E-state index in [1.54, 1.807) is 0 Å². The average molecular weight is 479 g/mol. The molecule has 10 heteroatoms. The van der Waals surface area contributed by atoms with Crippen molar-refractivity contribution in [2.45, 2.75) is 64.7 Å². The molecule has 0 aliphatic rings. The fraction of sp³-hybridized carbons (Fsp3) is 0.870. The second-order valence-corrected chi connectivity index (χ2v) is 7.30. The number of unbranched alkanes of at least 4 members (excludes halogenated alkanes) is 4. The number of carboxylic acid groups (broad SMARTS) is 1. The van der Waals surface area contributed by atoms with Gasteiger partial charge in [0.15, 0.2) is 0 Å². The van der Waals surface area contributed by atoms with Crippen LogP contribution in [-0.4, -0.2) is 89.1 Å². The summed E-state index contributed by atoms with van der Waals surface area (Å²) >= 11 is 0. The van der Waals surface area contributed by atoms with E-state index in [2.05, 4.69) is 6.92 Å². The molecule has 0 aliphatic carbocycles. The molecular formula is C23H42O10. The Morgan fingerprint density at radius 2 is 0.879 bits per heavy atom. The maximum absolute atomic E-state index is 11.5. The van der Waals surface area contributed by atoms with Crippen molar-refractivity contribution in [3.63, 3.8) is 0 Å². The zero-order chi connectivity index (χ0) is 24.4. The van der Waals surface area contributed by atoms with Crippen molar-refractivity contribution in [1.29, 1.82) is 0 Å². The quantitative estimate of drug-likeness (QED) is 0.155. The summed E-state index contributed by atoms with van der Waals surface area (Å²) in [5.74, 6) is -1.38. The van der Waals surface area contributed by atoms with E-state index in [9.17, 15) is 14.4 Å². The zero-order valence-corrected chi connectivity index (χ0v) is 20.1. The van der Waals surface area contributed by atoms with Crippen LogP contribution in [0.25, 0.3) is 0 Å². The molecule has 0 fully saturated rings. The van der Waals surface area contributed by atoms with E-state index < -0.39 is 5.97 Å². The van der Waals surface area contributed by atoms with E-state index >= 15 is 0 Å². The highest BCUT2D eigenvalue weighted by Crippen LogP contribution is 2.03. The van der Waals surface area contributed by atoms with E-state index in [1.165, 1.54) is 0 Å². The van der Waals surface area contributed by atoms with Crippen LogP contribution in [0.3, 0.4) is 0 Å². The van der Waals surface area contributed by atoms with Gasteiger partial charge in [-0.1, -0.05) is 26.2 Å². The lowest BCUT2D eigenvalue weighted by atomic mass is 10.2. The number of rotatable bonds is 25. The van der Waals surface area contributed by atoms with Crippen molar-refractivity contribution in [1.82, 2.24) is 0 Å². The maximum Gasteiger partial charge on any atom is 0.305 e. The molecule has 0 bridgehead atoms. The van der Waals surface area contributed by atoms with Gasteiger partial charge in [0.05, 0.1) is 52.9 Å². The molecule has 33 heavy (non-hydrogen) atoms. The highest BCUT2D eigenvalue weighted by Gasteiger charge is 2.04. The lowest BCUT2D eigenvalue weighted by Crippen LogP contribution is -2.15. The highest BCUT2D eigenvalue weighted by atomic mass is 16.6. The maximum atomic E-state index is 11.5. The summed E-state index contributed by atoms with van der Waals surface area (Å²) in [5, 5.41) is 8.51. The highest BCUT2D eigenvalue weighted by molar-refractivity contribution is 5.70. The van der Waals surface area contributed by atoms with Crippen LogP contribution in [0.5, 0.6) is 0 Å². The standard InChI is InChI=1S/C23H42O10/c1-2-3-4-5-9-22(26)32-19-17-30-15-13-28-11-12-29-14-16-31-18-20-33-23(27)10-7-6-8-21(24)25/h2-20H2,1H3,(H,24,25). The van der Waals surface area contributed by atoms with E-state index in [4.69, 9.17) is 33.5 Å². The van der Waals surface area contributed by atoms with Crippen LogP contribution in [0.4, 0.5) is 0 Å². The predicted octanol–water partition coefficient (Wildman–Crippen LogP) is 2.75. The van der Waals surface area contributed by atoms with Gasteiger partial charge < -0.3 is 33.5 Å². The van der Waals surface area contributed by atoms with Gasteiger partial charge in [-0.25, -0.2) is 0 Å². The van der Waals surface area contributed by atoms with E-state index in [1.807, 2.05) is 0 Å². The smallest absolute Gasteiger partial charge is 0.305 e. The summed E-state index contributed by atoms with van der Waals surface area (Å²) < 4.78 is 31.4. The van der Waals surface area contributed by atoms with Crippen LogP contribution < -0.4 is 0 Å². The molecule has 0 aromatic carbocycles. The number of ether oxygens (including phenoxy) is 6. The summed E-state index contributed by atoms with van der Waals surface area (Å²) in [4.78, 5) is 33.2. The van der Waals surface area contributed by atoms with Crippen LogP contribution in [0.1, 0.15) is 64.7 Å². The molecule has 194 valence electrons. The third-order valence-electron chi connectivity index (χ3n) is 4.35. The van der Waals surface area contributed by atoms with Crippen LogP contribution >= 0.6 is 0 Å². The van der Waals surface area contributed by atoms with Gasteiger partial charge in [-0.05, 0) is 19.3 Å². The summed E-state index contributed by atoms with van der Waals surface area (Å²) in [6.07, 6.45) is 5.95. The Morgan fingerprint density at radius 3 is 1.27 bits per heavy atom. The molecule has 1 N–H and O–H groups in total. The Labute approximate surface area is 197 Å². The summed E-state index contributed by atoms with van der Waals surface area (Å²) in [7, 11) is 0. The van der Waals surface area contributed by atoms with Crippen molar-refractivity contribution in [3.05, 3.63) is 0 Å². The van der Waals surface area contributed by atoms with Crippen LogP contribution in [0.2, 0.25) is 0 Å². The topological polar surface area (TPSA) is 127 Å². The number of hydrogen-bond donors (Lipinski definition) is 1. The number of aliphatic carboxylic acids is 1. The van der Waals surface area contributed by atoms with E-state index in [0.717, 1.165) is 25.7 Å². The number of carboxylic acids is 1. The fourth-order valence-electron chi connectivity index (χ4n) is 2.58. The largest absolute Gasteiger partial charge is 0.481 e. The molecular weight excluding hydrogens is 436 g/mol. The van der Waals surface area contributed by atoms with Crippen molar-refractivity contribution in [3.8, 4) is 0 Å². The molecule has 0 radical (unpaired) electrons. The van der Waals surface area contributed by atoms with Crippen LogP contribution in [0.15, 0.2) is 0 Å². The third kappa shape index (κ3) is 26.4. The van der Waals surface area contributed by atoms with Gasteiger partial charge in [0.25, 0.3) is 0 Å². The lowest BCUT2D eigenvalue weighted by Gasteiger charge is -2.08. The summed E-state index contributed by atoms with van der Waals surface area (Å²) in [6.45, 7) is 5.74. The number of hydrogen-bond acceptors (Lipinski definition) is 9. The first kappa shape index (κ1) is 31.2. The van der Waals surface area contributed by atoms with Gasteiger partial charge in [-0.2, -0.15) is 0 Å². The van der Waals surface area contributed by atoms with Crippen LogP contribution in [-0.2, 0) is 42.8 Å². The third-order valence-corrected chi connectivity index (χ3v) is 4.35. The predicted molar refractivity (Wildman–Crippen MR) is 120 cm³/mol. The molecule has 0 saturated carbocycles. The average Bonchev–Trinajstić information content (AvgIpc) is 2.79. The molecule has 0 aromatic heterocycles. The molecule has 0 unspecified atom stereocenters. The summed E-state index contributed by atoms with van der Waals surface area (Å²) in [6, 6.07) is 0. The molecule has 0 heterocycles. The molecule has 0 aliphatic heterocycles. The van der Waals surface area contributed by atoms with Crippen molar-refractivity contribution in [2.75, 3.05) is 66.1 Å². The molecule has 0 aromatic rings. The minimum absolute atomic E-state index is 0.0627. The Kier molecular flexibility index (Phi) is 23.6. The van der Waals surface area contributed by atoms with Crippen LogP contribution in [0, 0.1) is 0 Å². The number of carbonyl (C=O) groups is 3. The second-order valence-electron chi connectivity index (χ2n) is 7.30. The molecule has 0 spiro atoms. The molecule has 0 rings (SSSR count). The van der Waals surface area contributed by atoms with Crippen molar-refractivity contribution >= 4 is 17.9 Å². The minimum Gasteiger partial charge on any atom is -0.481 e. The Bertz CT molecular complexity index is 484. The van der Waals surface area contributed by atoms with Crippen molar-refractivity contribution < 1.29 is 47.9 Å². The van der Waals surface area contributed by atoms with Crippen molar-refractivity contribution in [2.24, 2.45) is 0 Å². The summed E-state index contributed by atoms with van der Waals surface area (Å²) in [5.41, 5.74) is 0. The Hall–Kier alpha value is -1.75.